The molecule has 0 aromatic rings. The predicted molar refractivity (Wildman–Crippen MR) is 37.2 cm³/mol. The van der Waals surface area contributed by atoms with Crippen LogP contribution >= 0.6 is 0 Å². The SMILES string of the molecule is C=C(C[CH2-])CO.[CH2-]C.[Y]. The molecule has 1 N–H and O–H groups in total. The Morgan fingerprint density at radius 3 is 1.89 bits per heavy atom. The van der Waals surface area contributed by atoms with Gasteiger partial charge in [-0.25, -0.2) is 0 Å². The van der Waals surface area contributed by atoms with Gasteiger partial charge in [-0.15, -0.1) is 6.58 Å². The van der Waals surface area contributed by atoms with Crippen molar-refractivity contribution in [3.05, 3.63) is 26.0 Å². The molecule has 1 radical (unpaired) electrons. The van der Waals surface area contributed by atoms with E-state index < -0.39 is 0 Å². The first kappa shape index (κ1) is 16.4. The Labute approximate surface area is 83.4 Å². The zero-order valence-electron chi connectivity index (χ0n) is 6.06. The summed E-state index contributed by atoms with van der Waals surface area (Å²) in [5.74, 6) is 0. The molecule has 0 amide bonds. The van der Waals surface area contributed by atoms with Crippen LogP contribution in [-0.4, -0.2) is 11.7 Å². The van der Waals surface area contributed by atoms with E-state index in [9.17, 15) is 0 Å². The van der Waals surface area contributed by atoms with Gasteiger partial charge in [0.25, 0.3) is 0 Å². The summed E-state index contributed by atoms with van der Waals surface area (Å²) in [7, 11) is 0. The van der Waals surface area contributed by atoms with Crippen LogP contribution in [0.4, 0.5) is 0 Å². The molecular formula is C7H14OY-2. The van der Waals surface area contributed by atoms with Gasteiger partial charge in [-0.05, 0) is 0 Å². The Kier molecular flexibility index (Phi) is 29.0. The summed E-state index contributed by atoms with van der Waals surface area (Å²) >= 11 is 0. The molecule has 0 fully saturated rings. The average Bonchev–Trinajstić information content (AvgIpc) is 1.91. The van der Waals surface area contributed by atoms with Crippen molar-refractivity contribution in [3.63, 3.8) is 0 Å². The van der Waals surface area contributed by atoms with E-state index in [1.165, 1.54) is 0 Å². The van der Waals surface area contributed by atoms with Crippen LogP contribution in [0.1, 0.15) is 13.3 Å². The molecule has 0 spiro atoms. The second kappa shape index (κ2) is 15.9. The zero-order chi connectivity index (χ0) is 6.99. The van der Waals surface area contributed by atoms with Crippen molar-refractivity contribution < 1.29 is 37.8 Å². The van der Waals surface area contributed by atoms with Gasteiger partial charge in [0.2, 0.25) is 0 Å². The molecule has 0 unspecified atom stereocenters. The zero-order valence-corrected chi connectivity index (χ0v) is 8.90. The van der Waals surface area contributed by atoms with Crippen molar-refractivity contribution in [2.45, 2.75) is 13.3 Å². The molecular weight excluding hydrogens is 189 g/mol. The molecule has 0 aliphatic carbocycles. The van der Waals surface area contributed by atoms with E-state index in [1.54, 1.807) is 6.92 Å². The first-order chi connectivity index (χ1) is 3.81. The number of rotatable bonds is 2. The molecule has 9 heavy (non-hydrogen) atoms. The summed E-state index contributed by atoms with van der Waals surface area (Å²) in [5, 5.41) is 8.20. The Balaban J connectivity index is -0.000000109. The first-order valence-electron chi connectivity index (χ1n) is 2.58. The van der Waals surface area contributed by atoms with E-state index in [1.807, 2.05) is 0 Å². The fourth-order valence-corrected chi connectivity index (χ4v) is 0.0791. The smallest absolute Gasteiger partial charge is 0.0614 e. The van der Waals surface area contributed by atoms with Crippen LogP contribution in [0.15, 0.2) is 12.2 Å². The molecule has 0 aromatic carbocycles. The third-order valence-electron chi connectivity index (χ3n) is 0.577. The predicted octanol–water partition coefficient (Wildman–Crippen LogP) is 1.60. The van der Waals surface area contributed by atoms with Crippen LogP contribution in [0.2, 0.25) is 0 Å². The van der Waals surface area contributed by atoms with Gasteiger partial charge in [0, 0.05) is 32.7 Å². The van der Waals surface area contributed by atoms with Gasteiger partial charge in [-0.2, -0.15) is 13.3 Å². The van der Waals surface area contributed by atoms with Crippen molar-refractivity contribution >= 4 is 0 Å². The van der Waals surface area contributed by atoms with Crippen LogP contribution in [0.3, 0.4) is 0 Å². The molecule has 2 heteroatoms. The molecule has 0 bridgehead atoms. The summed E-state index contributed by atoms with van der Waals surface area (Å²) in [6.07, 6.45) is 0.635. The molecule has 0 heterocycles. The normalized spacial score (nSPS) is 6.22. The maximum absolute atomic E-state index is 8.20. The molecule has 0 saturated heterocycles. The first-order valence-corrected chi connectivity index (χ1v) is 2.58. The number of hydrogen-bond donors (Lipinski definition) is 1. The van der Waals surface area contributed by atoms with Crippen LogP contribution in [0.5, 0.6) is 0 Å². The molecule has 0 saturated carbocycles. The fourth-order valence-electron chi connectivity index (χ4n) is 0.0791. The third kappa shape index (κ3) is 17.7. The molecule has 53 valence electrons. The Hall–Kier alpha value is 0.804. The minimum Gasteiger partial charge on any atom is -0.392 e. The number of aliphatic hydroxyl groups is 1. The van der Waals surface area contributed by atoms with E-state index in [2.05, 4.69) is 20.4 Å². The minimum absolute atomic E-state index is 0. The van der Waals surface area contributed by atoms with E-state index in [4.69, 9.17) is 5.11 Å². The summed E-state index contributed by atoms with van der Waals surface area (Å²) in [4.78, 5) is 0. The van der Waals surface area contributed by atoms with Crippen LogP contribution in [-0.2, 0) is 32.7 Å². The average molecular weight is 203 g/mol. The minimum atomic E-state index is 0. The van der Waals surface area contributed by atoms with Gasteiger partial charge in [-0.1, -0.05) is 5.57 Å². The van der Waals surface area contributed by atoms with Gasteiger partial charge in [-0.3, -0.25) is 0 Å². The number of aliphatic hydroxyl groups excluding tert-OH is 1. The van der Waals surface area contributed by atoms with Crippen LogP contribution in [0, 0.1) is 13.8 Å². The van der Waals surface area contributed by atoms with Crippen LogP contribution < -0.4 is 0 Å². The monoisotopic (exact) mass is 203 g/mol. The van der Waals surface area contributed by atoms with Crippen molar-refractivity contribution in [2.24, 2.45) is 0 Å². The summed E-state index contributed by atoms with van der Waals surface area (Å²) < 4.78 is 0. The van der Waals surface area contributed by atoms with Crippen LogP contribution in [0.25, 0.3) is 0 Å². The van der Waals surface area contributed by atoms with Gasteiger partial charge >= 0.3 is 0 Å². The largest absolute Gasteiger partial charge is 0.392 e. The topological polar surface area (TPSA) is 20.2 Å². The van der Waals surface area contributed by atoms with E-state index in [0.717, 1.165) is 5.57 Å². The van der Waals surface area contributed by atoms with E-state index in [0.29, 0.717) is 6.42 Å². The van der Waals surface area contributed by atoms with Crippen molar-refractivity contribution in [1.29, 1.82) is 0 Å². The van der Waals surface area contributed by atoms with Crippen molar-refractivity contribution in [3.8, 4) is 0 Å². The maximum atomic E-state index is 8.20. The van der Waals surface area contributed by atoms with E-state index >= 15 is 0 Å². The summed E-state index contributed by atoms with van der Waals surface area (Å²) in [5.41, 5.74) is 0.787. The quantitative estimate of drug-likeness (QED) is 0.533. The Morgan fingerprint density at radius 2 is 1.89 bits per heavy atom. The fraction of sp³-hybridized carbons (Fsp3) is 0.429. The standard InChI is InChI=1S/C5H9O.C2H5.Y/c1-3-5(2)4-6;1-2;/h6H,1-4H2;1H2,2H3;/q2*-1;. The maximum Gasteiger partial charge on any atom is 0.0614 e. The van der Waals surface area contributed by atoms with E-state index in [-0.39, 0.29) is 39.3 Å². The molecule has 0 aliphatic rings. The second-order valence-electron chi connectivity index (χ2n) is 1.16. The summed E-state index contributed by atoms with van der Waals surface area (Å²) in [6, 6.07) is 0. The van der Waals surface area contributed by atoms with Gasteiger partial charge in [0.1, 0.15) is 0 Å². The molecule has 0 aromatic heterocycles. The third-order valence-corrected chi connectivity index (χ3v) is 0.577. The molecule has 1 nitrogen and oxygen atoms in total. The van der Waals surface area contributed by atoms with Gasteiger partial charge in [0.05, 0.1) is 6.61 Å². The van der Waals surface area contributed by atoms with Gasteiger partial charge in [0.15, 0.2) is 0 Å². The van der Waals surface area contributed by atoms with Gasteiger partial charge < -0.3 is 19.0 Å². The second-order valence-corrected chi connectivity index (χ2v) is 1.16. The van der Waals surface area contributed by atoms with Crippen molar-refractivity contribution in [2.75, 3.05) is 6.61 Å². The van der Waals surface area contributed by atoms with Crippen molar-refractivity contribution in [1.82, 2.24) is 0 Å². The Bertz CT molecular complexity index is 46.9. The summed E-state index contributed by atoms with van der Waals surface area (Å²) in [6.45, 7) is 12.0. The molecule has 0 atom stereocenters. The Morgan fingerprint density at radius 1 is 1.56 bits per heavy atom. The number of hydrogen-bond acceptors (Lipinski definition) is 1. The molecule has 0 rings (SSSR count). The molecule has 0 aliphatic heterocycles.